The Hall–Kier alpha value is -1.10. The number of carbonyl (C=O) groups is 2. The van der Waals surface area contributed by atoms with Gasteiger partial charge in [0.05, 0.1) is 5.60 Å². The highest BCUT2D eigenvalue weighted by atomic mass is 16.4. The summed E-state index contributed by atoms with van der Waals surface area (Å²) in [5.74, 6) is -1.37. The Balaban J connectivity index is 2.02. The fraction of sp³-hybridized carbons (Fsp3) is 0.846. The molecule has 0 aromatic rings. The number of aliphatic carboxylic acids is 1. The van der Waals surface area contributed by atoms with E-state index in [1.165, 1.54) is 4.90 Å². The van der Waals surface area contributed by atoms with Crippen LogP contribution in [0, 0.1) is 5.41 Å². The van der Waals surface area contributed by atoms with Gasteiger partial charge in [-0.2, -0.15) is 0 Å². The molecular formula is C13H21NO4. The number of nitrogens with zero attached hydrogens (tertiary/aromatic N) is 1. The smallest absolute Gasteiger partial charge is 0.319 e. The lowest BCUT2D eigenvalue weighted by atomic mass is 9.67. The molecule has 0 radical (unpaired) electrons. The van der Waals surface area contributed by atoms with E-state index in [9.17, 15) is 19.8 Å². The topological polar surface area (TPSA) is 77.8 Å². The van der Waals surface area contributed by atoms with Crippen LogP contribution < -0.4 is 0 Å². The SMILES string of the molecule is CN(CC1(O)CCCC1)C(=O)C1(C(=O)O)CCC1. The highest BCUT2D eigenvalue weighted by Crippen LogP contribution is 2.43. The summed E-state index contributed by atoms with van der Waals surface area (Å²) in [4.78, 5) is 24.9. The predicted molar refractivity (Wildman–Crippen MR) is 65.0 cm³/mol. The molecule has 102 valence electrons. The fourth-order valence-electron chi connectivity index (χ4n) is 3.12. The van der Waals surface area contributed by atoms with Crippen molar-refractivity contribution in [3.05, 3.63) is 0 Å². The third-order valence-corrected chi connectivity index (χ3v) is 4.44. The normalized spacial score (nSPS) is 24.3. The molecule has 0 aliphatic heterocycles. The average molecular weight is 255 g/mol. The van der Waals surface area contributed by atoms with Gasteiger partial charge in [0.1, 0.15) is 5.41 Å². The molecule has 18 heavy (non-hydrogen) atoms. The Morgan fingerprint density at radius 2 is 1.67 bits per heavy atom. The molecule has 0 saturated heterocycles. The molecule has 1 amide bonds. The minimum Gasteiger partial charge on any atom is -0.480 e. The van der Waals surface area contributed by atoms with Gasteiger partial charge >= 0.3 is 5.97 Å². The molecule has 2 aliphatic carbocycles. The molecule has 5 heteroatoms. The second-order valence-corrected chi connectivity index (χ2v) is 5.83. The quantitative estimate of drug-likeness (QED) is 0.735. The molecule has 2 saturated carbocycles. The van der Waals surface area contributed by atoms with Crippen molar-refractivity contribution in [1.82, 2.24) is 4.90 Å². The standard InChI is InChI=1S/C13H21NO4/c1-14(9-12(18)5-2-3-6-12)10(15)13(11(16)17)7-4-8-13/h18H,2-9H2,1H3,(H,16,17). The Bertz CT molecular complexity index is 356. The summed E-state index contributed by atoms with van der Waals surface area (Å²) in [6.07, 6.45) is 4.98. The molecule has 2 fully saturated rings. The summed E-state index contributed by atoms with van der Waals surface area (Å²) in [5.41, 5.74) is -2.03. The lowest BCUT2D eigenvalue weighted by molar-refractivity contribution is -0.168. The second-order valence-electron chi connectivity index (χ2n) is 5.83. The Morgan fingerprint density at radius 1 is 1.11 bits per heavy atom. The number of rotatable bonds is 4. The molecule has 0 unspecified atom stereocenters. The molecule has 0 atom stereocenters. The third kappa shape index (κ3) is 2.11. The zero-order chi connectivity index (χ0) is 13.4. The zero-order valence-corrected chi connectivity index (χ0v) is 10.8. The molecule has 0 bridgehead atoms. The molecule has 0 heterocycles. The van der Waals surface area contributed by atoms with Crippen molar-refractivity contribution < 1.29 is 19.8 Å². The summed E-state index contributed by atoms with van der Waals surface area (Å²) in [6.45, 7) is 0.251. The van der Waals surface area contributed by atoms with Gasteiger partial charge in [0, 0.05) is 13.6 Å². The number of likely N-dealkylation sites (N-methyl/N-ethyl adjacent to an activating group) is 1. The second kappa shape index (κ2) is 4.53. The first kappa shape index (κ1) is 13.3. The summed E-state index contributed by atoms with van der Waals surface area (Å²) < 4.78 is 0. The van der Waals surface area contributed by atoms with Crippen molar-refractivity contribution in [2.24, 2.45) is 5.41 Å². The van der Waals surface area contributed by atoms with E-state index in [4.69, 9.17) is 0 Å². The van der Waals surface area contributed by atoms with Crippen LogP contribution in [0.15, 0.2) is 0 Å². The number of aliphatic hydroxyl groups is 1. The van der Waals surface area contributed by atoms with Crippen molar-refractivity contribution in [2.45, 2.75) is 50.5 Å². The first-order chi connectivity index (χ1) is 8.40. The molecule has 0 aromatic heterocycles. The monoisotopic (exact) mass is 255 g/mol. The van der Waals surface area contributed by atoms with Gasteiger partial charge in [0.25, 0.3) is 0 Å². The minimum atomic E-state index is -1.22. The van der Waals surface area contributed by atoms with Crippen LogP contribution in [0.1, 0.15) is 44.9 Å². The van der Waals surface area contributed by atoms with Crippen LogP contribution >= 0.6 is 0 Å². The maximum atomic E-state index is 12.3. The van der Waals surface area contributed by atoms with Crippen molar-refractivity contribution in [1.29, 1.82) is 0 Å². The number of hydrogen-bond acceptors (Lipinski definition) is 3. The summed E-state index contributed by atoms with van der Waals surface area (Å²) in [5, 5.41) is 19.5. The Morgan fingerprint density at radius 3 is 2.06 bits per heavy atom. The average Bonchev–Trinajstić information content (AvgIpc) is 2.62. The van der Waals surface area contributed by atoms with Gasteiger partial charge in [-0.25, -0.2) is 0 Å². The highest BCUT2D eigenvalue weighted by Gasteiger charge is 2.53. The maximum Gasteiger partial charge on any atom is 0.319 e. The van der Waals surface area contributed by atoms with Crippen LogP contribution in [-0.4, -0.2) is 46.2 Å². The van der Waals surface area contributed by atoms with E-state index in [1.807, 2.05) is 0 Å². The van der Waals surface area contributed by atoms with Crippen molar-refractivity contribution in [3.63, 3.8) is 0 Å². The number of hydrogen-bond donors (Lipinski definition) is 2. The lowest BCUT2D eigenvalue weighted by Gasteiger charge is -2.40. The minimum absolute atomic E-state index is 0.251. The molecule has 2 N–H and O–H groups in total. The number of amides is 1. The molecular weight excluding hydrogens is 234 g/mol. The van der Waals surface area contributed by atoms with Gasteiger partial charge in [-0.1, -0.05) is 19.3 Å². The van der Waals surface area contributed by atoms with Crippen LogP contribution in [0.2, 0.25) is 0 Å². The Kier molecular flexibility index (Phi) is 3.36. The summed E-state index contributed by atoms with van der Waals surface area (Å²) in [6, 6.07) is 0. The van der Waals surface area contributed by atoms with Gasteiger partial charge < -0.3 is 15.1 Å². The van der Waals surface area contributed by atoms with E-state index in [-0.39, 0.29) is 12.5 Å². The number of carboxylic acid groups (broad SMARTS) is 1. The van der Waals surface area contributed by atoms with Gasteiger partial charge in [0.15, 0.2) is 0 Å². The predicted octanol–water partition coefficient (Wildman–Crippen LogP) is 1.00. The number of carboxylic acids is 1. The molecule has 0 aromatic carbocycles. The van der Waals surface area contributed by atoms with Crippen LogP contribution in [0.4, 0.5) is 0 Å². The van der Waals surface area contributed by atoms with Gasteiger partial charge in [-0.3, -0.25) is 9.59 Å². The summed E-state index contributed by atoms with van der Waals surface area (Å²) >= 11 is 0. The van der Waals surface area contributed by atoms with E-state index in [1.54, 1.807) is 7.05 Å². The summed E-state index contributed by atoms with van der Waals surface area (Å²) in [7, 11) is 1.60. The van der Waals surface area contributed by atoms with E-state index in [2.05, 4.69) is 0 Å². The van der Waals surface area contributed by atoms with Crippen molar-refractivity contribution in [3.8, 4) is 0 Å². The van der Waals surface area contributed by atoms with Crippen molar-refractivity contribution in [2.75, 3.05) is 13.6 Å². The van der Waals surface area contributed by atoms with Gasteiger partial charge in [-0.15, -0.1) is 0 Å². The molecule has 2 aliphatic rings. The molecule has 5 nitrogen and oxygen atoms in total. The van der Waals surface area contributed by atoms with E-state index < -0.39 is 17.0 Å². The zero-order valence-electron chi connectivity index (χ0n) is 10.8. The Labute approximate surface area is 107 Å². The molecule has 2 rings (SSSR count). The first-order valence-corrected chi connectivity index (χ1v) is 6.61. The van der Waals surface area contributed by atoms with E-state index >= 15 is 0 Å². The fourth-order valence-corrected chi connectivity index (χ4v) is 3.12. The van der Waals surface area contributed by atoms with Crippen LogP contribution in [0.25, 0.3) is 0 Å². The molecule has 0 spiro atoms. The largest absolute Gasteiger partial charge is 0.480 e. The van der Waals surface area contributed by atoms with Gasteiger partial charge in [0.2, 0.25) is 5.91 Å². The third-order valence-electron chi connectivity index (χ3n) is 4.44. The highest BCUT2D eigenvalue weighted by molar-refractivity contribution is 6.02. The maximum absolute atomic E-state index is 12.3. The number of carbonyl (C=O) groups excluding carboxylic acids is 1. The van der Waals surface area contributed by atoms with E-state index in [0.717, 1.165) is 19.3 Å². The van der Waals surface area contributed by atoms with Crippen LogP contribution in [0.5, 0.6) is 0 Å². The van der Waals surface area contributed by atoms with Crippen molar-refractivity contribution >= 4 is 11.9 Å². The van der Waals surface area contributed by atoms with Crippen LogP contribution in [-0.2, 0) is 9.59 Å². The lowest BCUT2D eigenvalue weighted by Crippen LogP contribution is -2.54. The first-order valence-electron chi connectivity index (χ1n) is 6.61. The van der Waals surface area contributed by atoms with Gasteiger partial charge in [-0.05, 0) is 25.7 Å². The van der Waals surface area contributed by atoms with Crippen LogP contribution in [0.3, 0.4) is 0 Å². The van der Waals surface area contributed by atoms with E-state index in [0.29, 0.717) is 25.7 Å².